The first-order valence-electron chi connectivity index (χ1n) is 7.02. The number of hydrogen-bond acceptors (Lipinski definition) is 8. The molecule has 2 saturated heterocycles. The Morgan fingerprint density at radius 2 is 1.59 bits per heavy atom. The molecule has 8 heteroatoms. The number of carbonyl (C=O) groups is 2. The third kappa shape index (κ3) is 3.24. The molecule has 2 rings (SSSR count). The number of ether oxygens (including phenoxy) is 6. The monoisotopic (exact) mass is 318 g/mol. The molecule has 126 valence electrons. The Kier molecular flexibility index (Phi) is 5.06. The second-order valence-corrected chi connectivity index (χ2v) is 5.68. The van der Waals surface area contributed by atoms with Gasteiger partial charge in [0.15, 0.2) is 18.0 Å². The van der Waals surface area contributed by atoms with Crippen molar-refractivity contribution in [3.8, 4) is 0 Å². The number of methoxy groups -OCH3 is 3. The van der Waals surface area contributed by atoms with Gasteiger partial charge in [0.1, 0.15) is 12.2 Å². The second-order valence-electron chi connectivity index (χ2n) is 5.68. The van der Waals surface area contributed by atoms with Crippen LogP contribution in [0.5, 0.6) is 0 Å². The molecule has 2 aliphatic heterocycles. The van der Waals surface area contributed by atoms with Crippen molar-refractivity contribution in [2.75, 3.05) is 21.3 Å². The lowest BCUT2D eigenvalue weighted by atomic mass is 9.97. The first-order valence-corrected chi connectivity index (χ1v) is 7.02. The molecule has 0 saturated carbocycles. The fourth-order valence-corrected chi connectivity index (χ4v) is 2.83. The van der Waals surface area contributed by atoms with Crippen LogP contribution < -0.4 is 0 Å². The fourth-order valence-electron chi connectivity index (χ4n) is 2.83. The van der Waals surface area contributed by atoms with Gasteiger partial charge in [-0.15, -0.1) is 0 Å². The Morgan fingerprint density at radius 1 is 1.05 bits per heavy atom. The van der Waals surface area contributed by atoms with E-state index in [9.17, 15) is 9.59 Å². The van der Waals surface area contributed by atoms with Crippen LogP contribution in [0.15, 0.2) is 0 Å². The van der Waals surface area contributed by atoms with Gasteiger partial charge in [-0.05, 0) is 13.8 Å². The summed E-state index contributed by atoms with van der Waals surface area (Å²) < 4.78 is 31.8. The molecular weight excluding hydrogens is 296 g/mol. The highest BCUT2D eigenvalue weighted by atomic mass is 16.8. The van der Waals surface area contributed by atoms with E-state index >= 15 is 0 Å². The molecule has 2 fully saturated rings. The highest BCUT2D eigenvalue weighted by Crippen LogP contribution is 2.40. The molecule has 0 aromatic heterocycles. The predicted molar refractivity (Wildman–Crippen MR) is 71.6 cm³/mol. The topological polar surface area (TPSA) is 89.5 Å². The van der Waals surface area contributed by atoms with Gasteiger partial charge in [0.25, 0.3) is 0 Å². The molecule has 0 bridgehead atoms. The normalized spacial score (nSPS) is 32.8. The molecule has 0 spiro atoms. The number of esters is 2. The van der Waals surface area contributed by atoms with Crippen LogP contribution in [-0.2, 0) is 38.0 Å². The molecule has 0 aromatic rings. The third-order valence-corrected chi connectivity index (χ3v) is 3.78. The summed E-state index contributed by atoms with van der Waals surface area (Å²) in [6, 6.07) is 0. The number of carbonyl (C=O) groups excluding carboxylic acids is 2. The van der Waals surface area contributed by atoms with Crippen LogP contribution in [0.4, 0.5) is 0 Å². The van der Waals surface area contributed by atoms with Crippen molar-refractivity contribution in [1.82, 2.24) is 0 Å². The van der Waals surface area contributed by atoms with Gasteiger partial charge < -0.3 is 28.4 Å². The second kappa shape index (κ2) is 6.49. The first kappa shape index (κ1) is 17.1. The Labute approximate surface area is 128 Å². The largest absolute Gasteiger partial charge is 0.468 e. The molecule has 2 aliphatic rings. The van der Waals surface area contributed by atoms with E-state index in [4.69, 9.17) is 18.9 Å². The quantitative estimate of drug-likeness (QED) is 0.526. The van der Waals surface area contributed by atoms with Crippen LogP contribution in [0, 0.1) is 5.92 Å². The molecule has 2 heterocycles. The van der Waals surface area contributed by atoms with Crippen molar-refractivity contribution in [2.24, 2.45) is 5.92 Å². The van der Waals surface area contributed by atoms with Gasteiger partial charge in [0.2, 0.25) is 0 Å². The lowest BCUT2D eigenvalue weighted by Gasteiger charge is -2.24. The standard InChI is InChI=1S/C14H22O8/c1-14(2)21-9-8(20-13(19-5)10(9)22-14)6-7(11(15)17-3)12(16)18-4/h7-10,13H,6H2,1-5H3. The maximum Gasteiger partial charge on any atom is 0.320 e. The minimum atomic E-state index is -1.08. The first-order chi connectivity index (χ1) is 10.3. The highest BCUT2D eigenvalue weighted by molar-refractivity contribution is 5.94. The van der Waals surface area contributed by atoms with Gasteiger partial charge in [0, 0.05) is 13.5 Å². The van der Waals surface area contributed by atoms with Gasteiger partial charge in [-0.3, -0.25) is 9.59 Å². The smallest absolute Gasteiger partial charge is 0.320 e. The van der Waals surface area contributed by atoms with E-state index in [-0.39, 0.29) is 6.42 Å². The van der Waals surface area contributed by atoms with Crippen molar-refractivity contribution >= 4 is 11.9 Å². The van der Waals surface area contributed by atoms with Crippen molar-refractivity contribution < 1.29 is 38.0 Å². The van der Waals surface area contributed by atoms with Crippen LogP contribution in [0.3, 0.4) is 0 Å². The lowest BCUT2D eigenvalue weighted by Crippen LogP contribution is -2.36. The number of fused-ring (bicyclic) bond motifs is 1. The molecule has 0 radical (unpaired) electrons. The van der Waals surface area contributed by atoms with Gasteiger partial charge in [-0.25, -0.2) is 0 Å². The summed E-state index contributed by atoms with van der Waals surface area (Å²) >= 11 is 0. The van der Waals surface area contributed by atoms with Crippen LogP contribution >= 0.6 is 0 Å². The Hall–Kier alpha value is -1.22. The zero-order chi connectivity index (χ0) is 16.5. The van der Waals surface area contributed by atoms with E-state index in [2.05, 4.69) is 9.47 Å². The van der Waals surface area contributed by atoms with Crippen molar-refractivity contribution in [2.45, 2.75) is 50.7 Å². The number of hydrogen-bond donors (Lipinski definition) is 0. The van der Waals surface area contributed by atoms with Crippen molar-refractivity contribution in [1.29, 1.82) is 0 Å². The molecule has 0 N–H and O–H groups in total. The summed E-state index contributed by atoms with van der Waals surface area (Å²) in [5.41, 5.74) is 0. The molecule has 0 amide bonds. The zero-order valence-electron chi connectivity index (χ0n) is 13.4. The zero-order valence-corrected chi connectivity index (χ0v) is 13.4. The summed E-state index contributed by atoms with van der Waals surface area (Å²) in [7, 11) is 3.93. The maximum atomic E-state index is 11.8. The van der Waals surface area contributed by atoms with Gasteiger partial charge in [-0.1, -0.05) is 0 Å². The van der Waals surface area contributed by atoms with Crippen molar-refractivity contribution in [3.05, 3.63) is 0 Å². The van der Waals surface area contributed by atoms with Gasteiger partial charge in [0.05, 0.1) is 20.3 Å². The van der Waals surface area contributed by atoms with Crippen LogP contribution in [0.1, 0.15) is 20.3 Å². The van der Waals surface area contributed by atoms with Gasteiger partial charge >= 0.3 is 11.9 Å². The van der Waals surface area contributed by atoms with Crippen LogP contribution in [0.25, 0.3) is 0 Å². The maximum absolute atomic E-state index is 11.8. The minimum absolute atomic E-state index is 0.0693. The summed E-state index contributed by atoms with van der Waals surface area (Å²) in [5.74, 6) is -3.21. The van der Waals surface area contributed by atoms with E-state index in [0.29, 0.717) is 0 Å². The van der Waals surface area contributed by atoms with E-state index in [1.165, 1.54) is 21.3 Å². The van der Waals surface area contributed by atoms with E-state index in [1.54, 1.807) is 13.8 Å². The summed E-state index contributed by atoms with van der Waals surface area (Å²) in [6.45, 7) is 3.57. The highest BCUT2D eigenvalue weighted by Gasteiger charge is 2.56. The summed E-state index contributed by atoms with van der Waals surface area (Å²) in [6.07, 6.45) is -1.94. The number of rotatable bonds is 5. The minimum Gasteiger partial charge on any atom is -0.468 e. The average Bonchev–Trinajstić information content (AvgIpc) is 2.96. The molecule has 4 atom stereocenters. The average molecular weight is 318 g/mol. The van der Waals surface area contributed by atoms with Crippen LogP contribution in [-0.4, -0.2) is 63.7 Å². The molecular formula is C14H22O8. The van der Waals surface area contributed by atoms with E-state index < -0.39 is 48.2 Å². The van der Waals surface area contributed by atoms with Crippen LogP contribution in [0.2, 0.25) is 0 Å². The van der Waals surface area contributed by atoms with Crippen molar-refractivity contribution in [3.63, 3.8) is 0 Å². The summed E-state index contributed by atoms with van der Waals surface area (Å²) in [5, 5.41) is 0. The third-order valence-electron chi connectivity index (χ3n) is 3.78. The molecule has 0 aromatic carbocycles. The predicted octanol–water partition coefficient (Wildman–Crippen LogP) is 0.230. The Morgan fingerprint density at radius 3 is 2.09 bits per heavy atom. The van der Waals surface area contributed by atoms with E-state index in [0.717, 1.165) is 0 Å². The fraction of sp³-hybridized carbons (Fsp3) is 0.857. The Bertz CT molecular complexity index is 419. The Balaban J connectivity index is 2.13. The van der Waals surface area contributed by atoms with E-state index in [1.807, 2.05) is 0 Å². The molecule has 0 aliphatic carbocycles. The lowest BCUT2D eigenvalue weighted by molar-refractivity contribution is -0.229. The summed E-state index contributed by atoms with van der Waals surface area (Å²) in [4.78, 5) is 23.6. The molecule has 4 unspecified atom stereocenters. The van der Waals surface area contributed by atoms with Gasteiger partial charge in [-0.2, -0.15) is 0 Å². The molecule has 8 nitrogen and oxygen atoms in total. The molecule has 22 heavy (non-hydrogen) atoms. The SMILES string of the molecule is COC(=O)C(CC1OC(OC)C2OC(C)(C)OC12)C(=O)OC.